The molecule has 0 bridgehead atoms. The Morgan fingerprint density at radius 3 is 2.81 bits per heavy atom. The van der Waals surface area contributed by atoms with Crippen LogP contribution in [0.15, 0.2) is 35.5 Å². The largest absolute Gasteiger partial charge is 0.386 e. The molecule has 0 aromatic carbocycles. The molecular weight excluding hydrogens is 348 g/mol. The summed E-state index contributed by atoms with van der Waals surface area (Å²) in [6.45, 7) is 2.12. The van der Waals surface area contributed by atoms with Gasteiger partial charge in [-0.15, -0.1) is 11.8 Å². The summed E-state index contributed by atoms with van der Waals surface area (Å²) in [5, 5.41) is 15.1. The van der Waals surface area contributed by atoms with Gasteiger partial charge in [0.1, 0.15) is 6.10 Å². The summed E-state index contributed by atoms with van der Waals surface area (Å²) < 4.78 is 1.97. The normalized spacial score (nSPS) is 18.7. The van der Waals surface area contributed by atoms with Crippen LogP contribution in [-0.2, 0) is 17.9 Å². The number of aromatic nitrogens is 3. The zero-order valence-corrected chi connectivity index (χ0v) is 15.6. The zero-order valence-electron chi connectivity index (χ0n) is 14.8. The van der Waals surface area contributed by atoms with Crippen molar-refractivity contribution < 1.29 is 9.90 Å². The molecule has 0 saturated heterocycles. The second-order valence-electron chi connectivity index (χ2n) is 7.06. The lowest BCUT2D eigenvalue weighted by molar-refractivity contribution is -0.128. The number of fused-ring (bicyclic) bond motifs is 1. The predicted octanol–water partition coefficient (Wildman–Crippen LogP) is 2.64. The van der Waals surface area contributed by atoms with Gasteiger partial charge in [-0.05, 0) is 43.4 Å². The molecule has 1 aliphatic heterocycles. The van der Waals surface area contributed by atoms with Crippen LogP contribution >= 0.6 is 11.8 Å². The van der Waals surface area contributed by atoms with Gasteiger partial charge < -0.3 is 10.0 Å². The van der Waals surface area contributed by atoms with E-state index in [9.17, 15) is 9.90 Å². The third-order valence-corrected chi connectivity index (χ3v) is 6.29. The van der Waals surface area contributed by atoms with E-state index in [1.165, 1.54) is 6.42 Å². The molecule has 0 unspecified atom stereocenters. The van der Waals surface area contributed by atoms with Gasteiger partial charge in [-0.2, -0.15) is 5.10 Å². The quantitative estimate of drug-likeness (QED) is 0.817. The number of carbonyl (C=O) groups excluding carboxylic acids is 1. The molecule has 7 heteroatoms. The van der Waals surface area contributed by atoms with Crippen LogP contribution in [0.2, 0.25) is 0 Å². The number of aryl methyl sites for hydroxylation is 1. The summed E-state index contributed by atoms with van der Waals surface area (Å²) in [6.07, 6.45) is 7.28. The van der Waals surface area contributed by atoms with E-state index < -0.39 is 6.10 Å². The molecule has 2 aromatic heterocycles. The van der Waals surface area contributed by atoms with Crippen molar-refractivity contribution in [2.45, 2.75) is 49.8 Å². The molecule has 6 nitrogen and oxygen atoms in total. The van der Waals surface area contributed by atoms with Gasteiger partial charge in [0.05, 0.1) is 23.7 Å². The second kappa shape index (κ2) is 7.80. The predicted molar refractivity (Wildman–Crippen MR) is 99.5 cm³/mol. The van der Waals surface area contributed by atoms with Crippen LogP contribution < -0.4 is 0 Å². The molecule has 2 aromatic rings. The minimum absolute atomic E-state index is 0.141. The summed E-state index contributed by atoms with van der Waals surface area (Å²) in [5.41, 5.74) is 1.79. The summed E-state index contributed by atoms with van der Waals surface area (Å²) >= 11 is 1.54. The molecule has 1 N–H and O–H groups in total. The Kier molecular flexibility index (Phi) is 5.26. The minimum Gasteiger partial charge on any atom is -0.386 e. The third-order valence-electron chi connectivity index (χ3n) is 5.30. The van der Waals surface area contributed by atoms with Gasteiger partial charge in [-0.3, -0.25) is 14.5 Å². The molecule has 0 radical (unpaired) electrons. The van der Waals surface area contributed by atoms with E-state index in [-0.39, 0.29) is 5.91 Å². The molecule has 1 amide bonds. The Morgan fingerprint density at radius 1 is 1.27 bits per heavy atom. The van der Waals surface area contributed by atoms with Crippen LogP contribution in [0.4, 0.5) is 0 Å². The lowest BCUT2D eigenvalue weighted by Crippen LogP contribution is -2.32. The van der Waals surface area contributed by atoms with Gasteiger partial charge >= 0.3 is 0 Å². The van der Waals surface area contributed by atoms with Crippen molar-refractivity contribution in [3.8, 4) is 0 Å². The number of hydrogen-bond acceptors (Lipinski definition) is 5. The molecule has 4 rings (SSSR count). The average molecular weight is 372 g/mol. The van der Waals surface area contributed by atoms with Crippen molar-refractivity contribution in [3.05, 3.63) is 42.0 Å². The maximum absolute atomic E-state index is 12.6. The van der Waals surface area contributed by atoms with Gasteiger partial charge in [0.2, 0.25) is 5.91 Å². The van der Waals surface area contributed by atoms with Crippen LogP contribution in [0.5, 0.6) is 0 Å². The highest BCUT2D eigenvalue weighted by molar-refractivity contribution is 8.00. The Balaban J connectivity index is 1.40. The van der Waals surface area contributed by atoms with Gasteiger partial charge in [-0.1, -0.05) is 6.42 Å². The number of nitrogens with zero attached hydrogens (tertiary/aromatic N) is 4. The van der Waals surface area contributed by atoms with Crippen molar-refractivity contribution in [1.29, 1.82) is 0 Å². The summed E-state index contributed by atoms with van der Waals surface area (Å²) in [4.78, 5) is 19.6. The van der Waals surface area contributed by atoms with E-state index in [4.69, 9.17) is 0 Å². The highest BCUT2D eigenvalue weighted by Gasteiger charge is 2.30. The molecule has 1 fully saturated rings. The minimum atomic E-state index is -0.463. The van der Waals surface area contributed by atoms with Crippen LogP contribution in [0, 0.1) is 5.92 Å². The number of hydrogen-bond donors (Lipinski definition) is 1. The number of rotatable bonds is 5. The van der Waals surface area contributed by atoms with E-state index in [1.54, 1.807) is 24.2 Å². The van der Waals surface area contributed by atoms with Crippen LogP contribution in [-0.4, -0.2) is 43.0 Å². The maximum atomic E-state index is 12.6. The summed E-state index contributed by atoms with van der Waals surface area (Å²) in [7, 11) is 0. The average Bonchev–Trinajstić information content (AvgIpc) is 2.91. The summed E-state index contributed by atoms with van der Waals surface area (Å²) in [6, 6.07) is 5.83. The lowest BCUT2D eigenvalue weighted by Gasteiger charge is -2.29. The monoisotopic (exact) mass is 372 g/mol. The standard InChI is InChI=1S/C19H24N4O2S/c24-18(13-26-16-5-7-20-8-6-16)22-9-2-10-23-15(12-22)11-17(21-23)19(25)14-3-1-4-14/h5-8,11,14,19,25H,1-4,9-10,12-13H2/t19-/m0/s1. The fraction of sp³-hybridized carbons (Fsp3) is 0.526. The van der Waals surface area contributed by atoms with Crippen LogP contribution in [0.3, 0.4) is 0 Å². The first kappa shape index (κ1) is 17.5. The van der Waals surface area contributed by atoms with E-state index in [0.29, 0.717) is 18.2 Å². The van der Waals surface area contributed by atoms with Crippen molar-refractivity contribution in [2.24, 2.45) is 5.92 Å². The first-order valence-electron chi connectivity index (χ1n) is 9.26. The number of pyridine rings is 1. The van der Waals surface area contributed by atoms with Gasteiger partial charge in [0.15, 0.2) is 0 Å². The van der Waals surface area contributed by atoms with Gasteiger partial charge in [0, 0.05) is 30.4 Å². The lowest BCUT2D eigenvalue weighted by atomic mass is 9.80. The van der Waals surface area contributed by atoms with E-state index >= 15 is 0 Å². The highest BCUT2D eigenvalue weighted by Crippen LogP contribution is 2.37. The van der Waals surface area contributed by atoms with E-state index in [0.717, 1.165) is 48.6 Å². The van der Waals surface area contributed by atoms with Gasteiger partial charge in [-0.25, -0.2) is 0 Å². The number of aliphatic hydroxyl groups is 1. The second-order valence-corrected chi connectivity index (χ2v) is 8.11. The Labute approximate surface area is 157 Å². The van der Waals surface area contributed by atoms with E-state index in [2.05, 4.69) is 10.1 Å². The Bertz CT molecular complexity index is 760. The fourth-order valence-electron chi connectivity index (χ4n) is 3.51. The topological polar surface area (TPSA) is 71.2 Å². The van der Waals surface area contributed by atoms with Crippen molar-refractivity contribution in [3.63, 3.8) is 0 Å². The van der Waals surface area contributed by atoms with Gasteiger partial charge in [0.25, 0.3) is 0 Å². The van der Waals surface area contributed by atoms with E-state index in [1.807, 2.05) is 27.8 Å². The van der Waals surface area contributed by atoms with Crippen molar-refractivity contribution in [2.75, 3.05) is 12.3 Å². The molecular formula is C19H24N4O2S. The third kappa shape index (κ3) is 3.78. The number of carbonyl (C=O) groups is 1. The van der Waals surface area contributed by atoms with Crippen LogP contribution in [0.25, 0.3) is 0 Å². The SMILES string of the molecule is O=C(CSc1ccncc1)N1CCCn2nc([C@@H](O)C3CCC3)cc2C1. The first-order valence-corrected chi connectivity index (χ1v) is 10.2. The summed E-state index contributed by atoms with van der Waals surface area (Å²) in [5.74, 6) is 0.918. The fourth-order valence-corrected chi connectivity index (χ4v) is 4.30. The molecule has 1 atom stereocenters. The molecule has 138 valence electrons. The zero-order chi connectivity index (χ0) is 17.9. The van der Waals surface area contributed by atoms with Crippen LogP contribution in [0.1, 0.15) is 43.2 Å². The molecule has 1 aliphatic carbocycles. The molecule has 3 heterocycles. The smallest absolute Gasteiger partial charge is 0.233 e. The maximum Gasteiger partial charge on any atom is 0.233 e. The Hall–Kier alpha value is -1.86. The molecule has 26 heavy (non-hydrogen) atoms. The number of amides is 1. The molecule has 1 saturated carbocycles. The molecule has 0 spiro atoms. The molecule has 2 aliphatic rings. The number of aliphatic hydroxyl groups excluding tert-OH is 1. The highest BCUT2D eigenvalue weighted by atomic mass is 32.2. The van der Waals surface area contributed by atoms with Crippen molar-refractivity contribution >= 4 is 17.7 Å². The number of thioether (sulfide) groups is 1. The Morgan fingerprint density at radius 2 is 2.08 bits per heavy atom. The first-order chi connectivity index (χ1) is 12.7. The van der Waals surface area contributed by atoms with Crippen molar-refractivity contribution in [1.82, 2.24) is 19.7 Å².